The van der Waals surface area contributed by atoms with Crippen LogP contribution in [0.25, 0.3) is 0 Å². The van der Waals surface area contributed by atoms with Gasteiger partial charge in [0, 0.05) is 9.13 Å². The van der Waals surface area contributed by atoms with Gasteiger partial charge in [0.2, 0.25) is 0 Å². The first-order valence-corrected chi connectivity index (χ1v) is 6.29. The molecule has 2 aromatic rings. The van der Waals surface area contributed by atoms with Crippen LogP contribution in [0.2, 0.25) is 5.02 Å². The van der Waals surface area contributed by atoms with E-state index in [2.05, 4.69) is 22.6 Å². The van der Waals surface area contributed by atoms with Crippen molar-refractivity contribution in [1.82, 2.24) is 0 Å². The van der Waals surface area contributed by atoms with E-state index in [0.717, 1.165) is 3.57 Å². The average Bonchev–Trinajstić information content (AvgIpc) is 2.29. The quantitative estimate of drug-likeness (QED) is 0.576. The lowest BCUT2D eigenvalue weighted by Gasteiger charge is -2.05. The van der Waals surface area contributed by atoms with Gasteiger partial charge in [0.15, 0.2) is 5.78 Å². The lowest BCUT2D eigenvalue weighted by Crippen LogP contribution is -2.05. The minimum atomic E-state index is -0.596. The molecule has 0 radical (unpaired) electrons. The third kappa shape index (κ3) is 2.66. The Balaban J connectivity index is 2.47. The minimum Gasteiger partial charge on any atom is -0.288 e. The Morgan fingerprint density at radius 2 is 1.76 bits per heavy atom. The number of benzene rings is 2. The summed E-state index contributed by atoms with van der Waals surface area (Å²) in [5.74, 6) is -0.995. The van der Waals surface area contributed by atoms with Crippen LogP contribution in [-0.2, 0) is 0 Å². The molecule has 0 aliphatic heterocycles. The van der Waals surface area contributed by atoms with Crippen molar-refractivity contribution in [3.05, 3.63) is 68.0 Å². The standard InChI is InChI=1S/C13H7ClFIO/c14-10-2-1-3-11(15)12(10)13(17)8-4-6-9(16)7-5-8/h1-7H. The summed E-state index contributed by atoms with van der Waals surface area (Å²) >= 11 is 7.98. The fraction of sp³-hybridized carbons (Fsp3) is 0. The first-order chi connectivity index (χ1) is 8.09. The van der Waals surface area contributed by atoms with E-state index in [9.17, 15) is 9.18 Å². The highest BCUT2D eigenvalue weighted by Gasteiger charge is 2.17. The Hall–Kier alpha value is -0.940. The van der Waals surface area contributed by atoms with Crippen LogP contribution in [0.3, 0.4) is 0 Å². The van der Waals surface area contributed by atoms with E-state index in [1.54, 1.807) is 24.3 Å². The molecule has 2 aromatic carbocycles. The van der Waals surface area contributed by atoms with Gasteiger partial charge in [0.25, 0.3) is 0 Å². The fourth-order valence-corrected chi connectivity index (χ4v) is 2.07. The zero-order chi connectivity index (χ0) is 12.4. The molecule has 0 spiro atoms. The summed E-state index contributed by atoms with van der Waals surface area (Å²) in [6.07, 6.45) is 0. The van der Waals surface area contributed by atoms with E-state index in [0.29, 0.717) is 5.56 Å². The topological polar surface area (TPSA) is 17.1 Å². The van der Waals surface area contributed by atoms with Crippen molar-refractivity contribution >= 4 is 40.0 Å². The molecular formula is C13H7ClFIO. The van der Waals surface area contributed by atoms with Crippen LogP contribution in [0.5, 0.6) is 0 Å². The molecule has 0 aliphatic carbocycles. The van der Waals surface area contributed by atoms with Gasteiger partial charge in [0.1, 0.15) is 5.82 Å². The number of halogens is 3. The lowest BCUT2D eigenvalue weighted by molar-refractivity contribution is 0.103. The van der Waals surface area contributed by atoms with Crippen molar-refractivity contribution in [3.63, 3.8) is 0 Å². The highest BCUT2D eigenvalue weighted by Crippen LogP contribution is 2.22. The number of rotatable bonds is 2. The molecule has 0 unspecified atom stereocenters. The molecule has 4 heteroatoms. The molecule has 86 valence electrons. The number of hydrogen-bond donors (Lipinski definition) is 0. The first kappa shape index (κ1) is 12.5. The molecule has 0 bridgehead atoms. The van der Waals surface area contributed by atoms with Crippen LogP contribution in [0, 0.1) is 9.39 Å². The second kappa shape index (κ2) is 5.14. The zero-order valence-electron chi connectivity index (χ0n) is 8.58. The van der Waals surface area contributed by atoms with E-state index >= 15 is 0 Å². The number of carbonyl (C=O) groups is 1. The number of ketones is 1. The molecular weight excluding hydrogens is 353 g/mol. The third-order valence-corrected chi connectivity index (χ3v) is 3.33. The fourth-order valence-electron chi connectivity index (χ4n) is 1.46. The van der Waals surface area contributed by atoms with Crippen LogP contribution in [0.15, 0.2) is 42.5 Å². The van der Waals surface area contributed by atoms with E-state index in [-0.39, 0.29) is 10.6 Å². The van der Waals surface area contributed by atoms with Crippen LogP contribution in [0.1, 0.15) is 15.9 Å². The van der Waals surface area contributed by atoms with Crippen molar-refractivity contribution in [1.29, 1.82) is 0 Å². The largest absolute Gasteiger partial charge is 0.288 e. The molecule has 0 fully saturated rings. The predicted octanol–water partition coefficient (Wildman–Crippen LogP) is 4.31. The van der Waals surface area contributed by atoms with Crippen molar-refractivity contribution < 1.29 is 9.18 Å². The number of carbonyl (C=O) groups excluding carboxylic acids is 1. The van der Waals surface area contributed by atoms with Gasteiger partial charge >= 0.3 is 0 Å². The van der Waals surface area contributed by atoms with Crippen LogP contribution < -0.4 is 0 Å². The molecule has 0 aliphatic rings. The number of hydrogen-bond acceptors (Lipinski definition) is 1. The van der Waals surface area contributed by atoms with Gasteiger partial charge in [-0.1, -0.05) is 17.7 Å². The normalized spacial score (nSPS) is 10.3. The molecule has 0 aromatic heterocycles. The minimum absolute atomic E-state index is 0.0737. The summed E-state index contributed by atoms with van der Waals surface area (Å²) in [4.78, 5) is 12.1. The molecule has 0 saturated heterocycles. The Labute approximate surface area is 117 Å². The molecule has 17 heavy (non-hydrogen) atoms. The Morgan fingerprint density at radius 3 is 2.35 bits per heavy atom. The van der Waals surface area contributed by atoms with E-state index in [4.69, 9.17) is 11.6 Å². The van der Waals surface area contributed by atoms with E-state index in [1.807, 2.05) is 0 Å². The zero-order valence-corrected chi connectivity index (χ0v) is 11.5. The summed E-state index contributed by atoms with van der Waals surface area (Å²) < 4.78 is 14.6. The molecule has 0 heterocycles. The van der Waals surface area contributed by atoms with Gasteiger partial charge in [-0.25, -0.2) is 4.39 Å². The summed E-state index contributed by atoms with van der Waals surface area (Å²) in [6, 6.07) is 11.1. The summed E-state index contributed by atoms with van der Waals surface area (Å²) in [6.45, 7) is 0. The van der Waals surface area contributed by atoms with Gasteiger partial charge < -0.3 is 0 Å². The first-order valence-electron chi connectivity index (χ1n) is 4.84. The monoisotopic (exact) mass is 360 g/mol. The molecule has 0 amide bonds. The van der Waals surface area contributed by atoms with Gasteiger partial charge in [-0.05, 0) is 59.0 Å². The summed E-state index contributed by atoms with van der Waals surface area (Å²) in [7, 11) is 0. The summed E-state index contributed by atoms with van der Waals surface area (Å²) in [5, 5.41) is 0.133. The van der Waals surface area contributed by atoms with Crippen molar-refractivity contribution in [2.75, 3.05) is 0 Å². The molecule has 0 atom stereocenters. The van der Waals surface area contributed by atoms with Gasteiger partial charge in [-0.2, -0.15) is 0 Å². The van der Waals surface area contributed by atoms with Crippen molar-refractivity contribution in [3.8, 4) is 0 Å². The highest BCUT2D eigenvalue weighted by atomic mass is 127. The average molecular weight is 361 g/mol. The second-order valence-electron chi connectivity index (χ2n) is 3.43. The molecule has 0 N–H and O–H groups in total. The molecule has 2 rings (SSSR count). The van der Waals surface area contributed by atoms with Gasteiger partial charge in [-0.15, -0.1) is 0 Å². The predicted molar refractivity (Wildman–Crippen MR) is 74.0 cm³/mol. The van der Waals surface area contributed by atoms with E-state index < -0.39 is 11.6 Å². The van der Waals surface area contributed by atoms with Crippen LogP contribution in [0.4, 0.5) is 4.39 Å². The van der Waals surface area contributed by atoms with Crippen molar-refractivity contribution in [2.45, 2.75) is 0 Å². The second-order valence-corrected chi connectivity index (χ2v) is 5.09. The maximum atomic E-state index is 13.6. The lowest BCUT2D eigenvalue weighted by atomic mass is 10.0. The van der Waals surface area contributed by atoms with Crippen LogP contribution in [-0.4, -0.2) is 5.78 Å². The van der Waals surface area contributed by atoms with E-state index in [1.165, 1.54) is 18.2 Å². The Bertz CT molecular complexity index is 546. The van der Waals surface area contributed by atoms with Gasteiger partial charge in [0.05, 0.1) is 10.6 Å². The van der Waals surface area contributed by atoms with Crippen LogP contribution >= 0.6 is 34.2 Å². The summed E-state index contributed by atoms with van der Waals surface area (Å²) in [5.41, 5.74) is 0.354. The maximum Gasteiger partial charge on any atom is 0.197 e. The molecule has 0 saturated carbocycles. The highest BCUT2D eigenvalue weighted by molar-refractivity contribution is 14.1. The Kier molecular flexibility index (Phi) is 3.79. The SMILES string of the molecule is O=C(c1ccc(I)cc1)c1c(F)cccc1Cl. The van der Waals surface area contributed by atoms with Crippen molar-refractivity contribution in [2.24, 2.45) is 0 Å². The maximum absolute atomic E-state index is 13.6. The smallest absolute Gasteiger partial charge is 0.197 e. The Morgan fingerprint density at radius 1 is 1.12 bits per heavy atom. The van der Waals surface area contributed by atoms with Gasteiger partial charge in [-0.3, -0.25) is 4.79 Å². The third-order valence-electron chi connectivity index (χ3n) is 2.30. The molecule has 1 nitrogen and oxygen atoms in total.